The lowest BCUT2D eigenvalue weighted by Crippen LogP contribution is -2.19. The summed E-state index contributed by atoms with van der Waals surface area (Å²) in [6.45, 7) is 2.66. The van der Waals surface area contributed by atoms with Crippen LogP contribution in [0, 0.1) is 0 Å². The minimum atomic E-state index is 0.864. The van der Waals surface area contributed by atoms with Gasteiger partial charge in [0, 0.05) is 43.3 Å². The minimum Gasteiger partial charge on any atom is -0.311 e. The van der Waals surface area contributed by atoms with Crippen molar-refractivity contribution in [2.24, 2.45) is 0 Å². The molecule has 4 heteroatoms. The second-order valence-corrected chi connectivity index (χ2v) is 4.46. The zero-order chi connectivity index (χ0) is 12.9. The molecular weight excluding hydrogens is 236 g/mol. The molecule has 0 saturated heterocycles. The van der Waals surface area contributed by atoms with Crippen molar-refractivity contribution in [2.45, 2.75) is 13.1 Å². The van der Waals surface area contributed by atoms with Gasteiger partial charge in [0.1, 0.15) is 0 Å². The fourth-order valence-electron chi connectivity index (χ4n) is 2.19. The number of fused-ring (bicyclic) bond motifs is 1. The highest BCUT2D eigenvalue weighted by atomic mass is 15.3. The van der Waals surface area contributed by atoms with Crippen LogP contribution >= 0.6 is 0 Å². The van der Waals surface area contributed by atoms with E-state index in [1.54, 1.807) is 6.20 Å². The van der Waals surface area contributed by atoms with Gasteiger partial charge in [-0.2, -0.15) is 5.10 Å². The summed E-state index contributed by atoms with van der Waals surface area (Å²) in [6, 6.07) is 10.3. The molecule has 0 aliphatic carbocycles. The summed E-state index contributed by atoms with van der Waals surface area (Å²) < 4.78 is 1.93. The van der Waals surface area contributed by atoms with Crippen LogP contribution in [0.2, 0.25) is 0 Å². The number of nitrogens with one attached hydrogen (secondary N) is 1. The Morgan fingerprint density at radius 3 is 3.00 bits per heavy atom. The van der Waals surface area contributed by atoms with E-state index in [0.717, 1.165) is 19.6 Å². The third-order valence-corrected chi connectivity index (χ3v) is 3.16. The van der Waals surface area contributed by atoms with E-state index in [9.17, 15) is 0 Å². The first-order chi connectivity index (χ1) is 9.43. The Labute approximate surface area is 112 Å². The maximum Gasteiger partial charge on any atom is 0.0534 e. The van der Waals surface area contributed by atoms with Crippen LogP contribution in [-0.2, 0) is 13.1 Å². The Morgan fingerprint density at radius 2 is 2.11 bits per heavy atom. The lowest BCUT2D eigenvalue weighted by molar-refractivity contribution is 0.555. The Bertz CT molecular complexity index is 641. The lowest BCUT2D eigenvalue weighted by atomic mass is 10.1. The van der Waals surface area contributed by atoms with E-state index in [-0.39, 0.29) is 0 Å². The van der Waals surface area contributed by atoms with Gasteiger partial charge in [-0.1, -0.05) is 18.2 Å². The van der Waals surface area contributed by atoms with Crippen molar-refractivity contribution in [3.63, 3.8) is 0 Å². The number of nitrogens with zero attached hydrogens (tertiary/aromatic N) is 3. The molecule has 19 heavy (non-hydrogen) atoms. The highest BCUT2D eigenvalue weighted by Crippen LogP contribution is 2.16. The smallest absolute Gasteiger partial charge is 0.0534 e. The first-order valence-corrected chi connectivity index (χ1v) is 6.43. The molecule has 0 aliphatic heterocycles. The van der Waals surface area contributed by atoms with Gasteiger partial charge in [0.2, 0.25) is 0 Å². The molecule has 0 atom stereocenters. The van der Waals surface area contributed by atoms with Crippen molar-refractivity contribution in [1.82, 2.24) is 20.1 Å². The highest BCUT2D eigenvalue weighted by Gasteiger charge is 2.00. The van der Waals surface area contributed by atoms with E-state index < -0.39 is 0 Å². The number of rotatable bonds is 5. The molecule has 96 valence electrons. The molecule has 0 radical (unpaired) electrons. The van der Waals surface area contributed by atoms with Crippen molar-refractivity contribution < 1.29 is 0 Å². The molecule has 3 aromatic rings. The SMILES string of the molecule is c1cc(CNCCn2cccn2)c2ccncc2c1. The number of benzene rings is 1. The van der Waals surface area contributed by atoms with Crippen LogP contribution < -0.4 is 5.32 Å². The number of hydrogen-bond acceptors (Lipinski definition) is 3. The van der Waals surface area contributed by atoms with Gasteiger partial charge in [0.05, 0.1) is 6.54 Å². The standard InChI is InChI=1S/C15H16N4/c1-3-13-11-16-7-5-15(13)14(4-1)12-17-8-10-19-9-2-6-18-19/h1-7,9,11,17H,8,10,12H2. The number of hydrogen-bond donors (Lipinski definition) is 1. The van der Waals surface area contributed by atoms with E-state index in [0.29, 0.717) is 0 Å². The van der Waals surface area contributed by atoms with E-state index in [2.05, 4.69) is 39.7 Å². The van der Waals surface area contributed by atoms with Gasteiger partial charge < -0.3 is 5.32 Å². The molecule has 1 N–H and O–H groups in total. The molecule has 2 heterocycles. The van der Waals surface area contributed by atoms with Crippen molar-refractivity contribution in [3.05, 3.63) is 60.7 Å². The predicted molar refractivity (Wildman–Crippen MR) is 75.7 cm³/mol. The van der Waals surface area contributed by atoms with Crippen LogP contribution in [0.15, 0.2) is 55.1 Å². The van der Waals surface area contributed by atoms with Crippen LogP contribution in [0.25, 0.3) is 10.8 Å². The van der Waals surface area contributed by atoms with Crippen molar-refractivity contribution >= 4 is 10.8 Å². The summed E-state index contributed by atoms with van der Waals surface area (Å²) in [5.74, 6) is 0. The van der Waals surface area contributed by atoms with Crippen LogP contribution in [0.4, 0.5) is 0 Å². The Kier molecular flexibility index (Phi) is 3.51. The van der Waals surface area contributed by atoms with E-state index >= 15 is 0 Å². The highest BCUT2D eigenvalue weighted by molar-refractivity contribution is 5.84. The molecule has 0 amide bonds. The fourth-order valence-corrected chi connectivity index (χ4v) is 2.19. The predicted octanol–water partition coefficient (Wildman–Crippen LogP) is 2.22. The average Bonchev–Trinajstić information content (AvgIpc) is 2.97. The van der Waals surface area contributed by atoms with Crippen LogP contribution in [-0.4, -0.2) is 21.3 Å². The first-order valence-electron chi connectivity index (χ1n) is 6.43. The number of pyridine rings is 1. The van der Waals surface area contributed by atoms with Gasteiger partial charge in [0.15, 0.2) is 0 Å². The van der Waals surface area contributed by atoms with Crippen molar-refractivity contribution in [2.75, 3.05) is 6.54 Å². The fraction of sp³-hybridized carbons (Fsp3) is 0.200. The van der Waals surface area contributed by atoms with Gasteiger partial charge >= 0.3 is 0 Å². The van der Waals surface area contributed by atoms with Crippen LogP contribution in [0.3, 0.4) is 0 Å². The van der Waals surface area contributed by atoms with Crippen molar-refractivity contribution in [3.8, 4) is 0 Å². The maximum absolute atomic E-state index is 4.18. The van der Waals surface area contributed by atoms with Gasteiger partial charge in [-0.3, -0.25) is 9.67 Å². The molecule has 0 saturated carbocycles. The lowest BCUT2D eigenvalue weighted by Gasteiger charge is -2.08. The summed E-state index contributed by atoms with van der Waals surface area (Å²) in [4.78, 5) is 4.15. The molecule has 1 aromatic carbocycles. The first kappa shape index (κ1) is 11.9. The largest absolute Gasteiger partial charge is 0.311 e. The third kappa shape index (κ3) is 2.80. The summed E-state index contributed by atoms with van der Waals surface area (Å²) in [5, 5.41) is 10.1. The molecule has 4 nitrogen and oxygen atoms in total. The normalized spacial score (nSPS) is 10.9. The van der Waals surface area contributed by atoms with Gasteiger partial charge in [-0.25, -0.2) is 0 Å². The quantitative estimate of drug-likeness (QED) is 0.708. The van der Waals surface area contributed by atoms with Crippen LogP contribution in [0.5, 0.6) is 0 Å². The Hall–Kier alpha value is -2.20. The summed E-state index contributed by atoms with van der Waals surface area (Å²) in [5.41, 5.74) is 1.31. The summed E-state index contributed by atoms with van der Waals surface area (Å²) in [7, 11) is 0. The zero-order valence-corrected chi connectivity index (χ0v) is 10.7. The van der Waals surface area contributed by atoms with E-state index in [1.807, 2.05) is 29.3 Å². The average molecular weight is 252 g/mol. The van der Waals surface area contributed by atoms with E-state index in [1.165, 1.54) is 16.3 Å². The Balaban J connectivity index is 1.62. The second kappa shape index (κ2) is 5.63. The van der Waals surface area contributed by atoms with Crippen LogP contribution in [0.1, 0.15) is 5.56 Å². The van der Waals surface area contributed by atoms with E-state index in [4.69, 9.17) is 0 Å². The van der Waals surface area contributed by atoms with Gasteiger partial charge in [-0.05, 0) is 23.1 Å². The monoisotopic (exact) mass is 252 g/mol. The topological polar surface area (TPSA) is 42.7 Å². The Morgan fingerprint density at radius 1 is 1.11 bits per heavy atom. The molecule has 2 aromatic heterocycles. The maximum atomic E-state index is 4.18. The zero-order valence-electron chi connectivity index (χ0n) is 10.7. The molecule has 0 spiro atoms. The van der Waals surface area contributed by atoms with Gasteiger partial charge in [0.25, 0.3) is 0 Å². The summed E-state index contributed by atoms with van der Waals surface area (Å²) in [6.07, 6.45) is 7.53. The molecular formula is C15H16N4. The van der Waals surface area contributed by atoms with Crippen molar-refractivity contribution in [1.29, 1.82) is 0 Å². The third-order valence-electron chi connectivity index (χ3n) is 3.16. The molecule has 3 rings (SSSR count). The molecule has 0 unspecified atom stereocenters. The molecule has 0 aliphatic rings. The molecule has 0 bridgehead atoms. The number of aromatic nitrogens is 3. The van der Waals surface area contributed by atoms with Gasteiger partial charge in [-0.15, -0.1) is 0 Å². The second-order valence-electron chi connectivity index (χ2n) is 4.46. The summed E-state index contributed by atoms with van der Waals surface area (Å²) >= 11 is 0. The molecule has 0 fully saturated rings. The minimum absolute atomic E-state index is 0.864.